The van der Waals surface area contributed by atoms with Crippen LogP contribution in [-0.2, 0) is 16.1 Å². The predicted octanol–water partition coefficient (Wildman–Crippen LogP) is 0.680. The Morgan fingerprint density at radius 3 is 2.56 bits per heavy atom. The second-order valence-electron chi connectivity index (χ2n) is 6.70. The van der Waals surface area contributed by atoms with Gasteiger partial charge in [-0.2, -0.15) is 0 Å². The number of carbonyl (C=O) groups excluding carboxylic acids is 2. The van der Waals surface area contributed by atoms with Gasteiger partial charge in [0, 0.05) is 39.3 Å². The third-order valence-electron chi connectivity index (χ3n) is 5.23. The number of fused-ring (bicyclic) bond motifs is 1. The minimum absolute atomic E-state index is 0.0308. The molecule has 0 bridgehead atoms. The van der Waals surface area contributed by atoms with Crippen LogP contribution < -0.4 is 9.47 Å². The minimum atomic E-state index is -0.264. The average molecular weight is 345 g/mol. The van der Waals surface area contributed by atoms with E-state index < -0.39 is 0 Å². The molecule has 2 fully saturated rings. The Morgan fingerprint density at radius 1 is 1.08 bits per heavy atom. The fourth-order valence-electron chi connectivity index (χ4n) is 3.81. The van der Waals surface area contributed by atoms with Crippen LogP contribution in [0.5, 0.6) is 11.5 Å². The number of likely N-dealkylation sites (tertiary alicyclic amines) is 1. The van der Waals surface area contributed by atoms with E-state index in [2.05, 4.69) is 15.9 Å². The van der Waals surface area contributed by atoms with Crippen LogP contribution in [0.3, 0.4) is 0 Å². The Morgan fingerprint density at radius 2 is 1.84 bits per heavy atom. The molecule has 3 heterocycles. The number of hydrogen-bond acceptors (Lipinski definition) is 6. The number of rotatable bonds is 4. The van der Waals surface area contributed by atoms with Gasteiger partial charge in [0.15, 0.2) is 11.5 Å². The van der Waals surface area contributed by atoms with Crippen LogP contribution in [0.1, 0.15) is 18.9 Å². The Balaban J connectivity index is 1.33. The Labute approximate surface area is 147 Å². The van der Waals surface area contributed by atoms with E-state index in [0.29, 0.717) is 19.8 Å². The van der Waals surface area contributed by atoms with Gasteiger partial charge in [0.25, 0.3) is 0 Å². The number of benzene rings is 1. The maximum atomic E-state index is 12.4. The van der Waals surface area contributed by atoms with Crippen molar-refractivity contribution in [3.05, 3.63) is 23.8 Å². The van der Waals surface area contributed by atoms with Crippen molar-refractivity contribution >= 4 is 11.8 Å². The summed E-state index contributed by atoms with van der Waals surface area (Å²) in [5.41, 5.74) is 1.20. The van der Waals surface area contributed by atoms with Gasteiger partial charge in [-0.3, -0.25) is 24.3 Å². The van der Waals surface area contributed by atoms with E-state index in [-0.39, 0.29) is 17.9 Å². The van der Waals surface area contributed by atoms with Crippen LogP contribution in [0.4, 0.5) is 0 Å². The van der Waals surface area contributed by atoms with Crippen LogP contribution in [0.2, 0.25) is 0 Å². The highest BCUT2D eigenvalue weighted by atomic mass is 16.7. The standard InChI is InChI=1S/C18H23N3O4/c1-2-21-17(22)10-14(18(21)23)20-7-5-19(6-8-20)11-13-3-4-15-16(9-13)25-12-24-15/h3-4,9,14H,2,5-8,10-12H2,1H3/t14-/m1/s1. The van der Waals surface area contributed by atoms with E-state index in [1.54, 1.807) is 0 Å². The normalized spacial score (nSPS) is 24.4. The number of imide groups is 1. The first-order valence-electron chi connectivity index (χ1n) is 8.85. The number of piperazine rings is 1. The topological polar surface area (TPSA) is 62.3 Å². The first kappa shape index (κ1) is 16.4. The average Bonchev–Trinajstić information content (AvgIpc) is 3.19. The lowest BCUT2D eigenvalue weighted by Crippen LogP contribution is -2.52. The number of ether oxygens (including phenoxy) is 2. The molecule has 1 atom stereocenters. The second kappa shape index (κ2) is 6.65. The molecule has 134 valence electrons. The Hall–Kier alpha value is -2.12. The van der Waals surface area contributed by atoms with E-state index in [9.17, 15) is 9.59 Å². The predicted molar refractivity (Wildman–Crippen MR) is 90.2 cm³/mol. The molecule has 0 aliphatic carbocycles. The van der Waals surface area contributed by atoms with Crippen LogP contribution in [0.15, 0.2) is 18.2 Å². The van der Waals surface area contributed by atoms with Gasteiger partial charge in [-0.15, -0.1) is 0 Å². The van der Waals surface area contributed by atoms with Crippen molar-refractivity contribution in [1.82, 2.24) is 14.7 Å². The van der Waals surface area contributed by atoms with E-state index >= 15 is 0 Å². The molecule has 1 aromatic rings. The number of likely N-dealkylation sites (N-methyl/N-ethyl adjacent to an activating group) is 1. The smallest absolute Gasteiger partial charge is 0.247 e. The van der Waals surface area contributed by atoms with Gasteiger partial charge in [-0.1, -0.05) is 6.07 Å². The monoisotopic (exact) mass is 345 g/mol. The molecule has 3 aliphatic rings. The lowest BCUT2D eigenvalue weighted by Gasteiger charge is -2.37. The highest BCUT2D eigenvalue weighted by Crippen LogP contribution is 2.33. The van der Waals surface area contributed by atoms with Crippen molar-refractivity contribution in [1.29, 1.82) is 0 Å². The number of hydrogen-bond donors (Lipinski definition) is 0. The minimum Gasteiger partial charge on any atom is -0.454 e. The molecular weight excluding hydrogens is 322 g/mol. The molecule has 7 nitrogen and oxygen atoms in total. The van der Waals surface area contributed by atoms with E-state index in [0.717, 1.165) is 44.2 Å². The fraction of sp³-hybridized carbons (Fsp3) is 0.556. The summed E-state index contributed by atoms with van der Waals surface area (Å²) < 4.78 is 10.8. The zero-order chi connectivity index (χ0) is 17.4. The van der Waals surface area contributed by atoms with Crippen LogP contribution in [-0.4, -0.2) is 72.1 Å². The van der Waals surface area contributed by atoms with Crippen molar-refractivity contribution in [3.8, 4) is 11.5 Å². The van der Waals surface area contributed by atoms with Crippen LogP contribution >= 0.6 is 0 Å². The molecule has 0 unspecified atom stereocenters. The van der Waals surface area contributed by atoms with Crippen molar-refractivity contribution in [3.63, 3.8) is 0 Å². The molecular formula is C18H23N3O4. The zero-order valence-electron chi connectivity index (χ0n) is 14.4. The van der Waals surface area contributed by atoms with Gasteiger partial charge in [0.05, 0.1) is 12.5 Å². The molecule has 25 heavy (non-hydrogen) atoms. The maximum Gasteiger partial charge on any atom is 0.247 e. The number of carbonyl (C=O) groups is 2. The van der Waals surface area contributed by atoms with Gasteiger partial charge in [-0.25, -0.2) is 0 Å². The van der Waals surface area contributed by atoms with Crippen molar-refractivity contribution < 1.29 is 19.1 Å². The van der Waals surface area contributed by atoms with Crippen molar-refractivity contribution in [2.45, 2.75) is 25.9 Å². The van der Waals surface area contributed by atoms with Crippen LogP contribution in [0, 0.1) is 0 Å². The third-order valence-corrected chi connectivity index (χ3v) is 5.23. The number of nitrogens with zero attached hydrogens (tertiary/aromatic N) is 3. The Kier molecular flexibility index (Phi) is 4.35. The summed E-state index contributed by atoms with van der Waals surface area (Å²) in [5.74, 6) is 1.54. The summed E-state index contributed by atoms with van der Waals surface area (Å²) in [5, 5.41) is 0. The molecule has 0 radical (unpaired) electrons. The molecule has 0 aromatic heterocycles. The highest BCUT2D eigenvalue weighted by Gasteiger charge is 2.41. The van der Waals surface area contributed by atoms with E-state index in [1.807, 2.05) is 19.1 Å². The maximum absolute atomic E-state index is 12.4. The molecule has 3 aliphatic heterocycles. The zero-order valence-corrected chi connectivity index (χ0v) is 14.4. The molecule has 4 rings (SSSR count). The molecule has 0 spiro atoms. The molecule has 1 aromatic carbocycles. The van der Waals surface area contributed by atoms with Gasteiger partial charge in [0.1, 0.15) is 0 Å². The summed E-state index contributed by atoms with van der Waals surface area (Å²) in [6, 6.07) is 5.79. The van der Waals surface area contributed by atoms with Gasteiger partial charge < -0.3 is 9.47 Å². The van der Waals surface area contributed by atoms with Crippen LogP contribution in [0.25, 0.3) is 0 Å². The lowest BCUT2D eigenvalue weighted by molar-refractivity contribution is -0.139. The van der Waals surface area contributed by atoms with Gasteiger partial charge in [-0.05, 0) is 24.6 Å². The Bertz CT molecular complexity index is 685. The quantitative estimate of drug-likeness (QED) is 0.748. The van der Waals surface area contributed by atoms with Gasteiger partial charge in [0.2, 0.25) is 18.6 Å². The summed E-state index contributed by atoms with van der Waals surface area (Å²) in [6.07, 6.45) is 0.328. The molecule has 7 heteroatoms. The SMILES string of the molecule is CCN1C(=O)C[C@@H](N2CCN(Cc3ccc4c(c3)OCO4)CC2)C1=O. The molecule has 0 saturated carbocycles. The summed E-state index contributed by atoms with van der Waals surface area (Å²) >= 11 is 0. The summed E-state index contributed by atoms with van der Waals surface area (Å²) in [7, 11) is 0. The van der Waals surface area contributed by atoms with Crippen molar-refractivity contribution in [2.75, 3.05) is 39.5 Å². The largest absolute Gasteiger partial charge is 0.454 e. The number of amides is 2. The summed E-state index contributed by atoms with van der Waals surface area (Å²) in [4.78, 5) is 30.2. The third kappa shape index (κ3) is 3.09. The molecule has 2 saturated heterocycles. The van der Waals surface area contributed by atoms with Crippen molar-refractivity contribution in [2.24, 2.45) is 0 Å². The lowest BCUT2D eigenvalue weighted by atomic mass is 10.1. The second-order valence-corrected chi connectivity index (χ2v) is 6.70. The summed E-state index contributed by atoms with van der Waals surface area (Å²) in [6.45, 7) is 6.86. The van der Waals surface area contributed by atoms with Gasteiger partial charge >= 0.3 is 0 Å². The first-order chi connectivity index (χ1) is 12.2. The molecule has 0 N–H and O–H groups in total. The molecule has 2 amide bonds. The van der Waals surface area contributed by atoms with E-state index in [1.165, 1.54) is 10.5 Å². The highest BCUT2D eigenvalue weighted by molar-refractivity contribution is 6.05. The first-order valence-corrected chi connectivity index (χ1v) is 8.85. The van der Waals surface area contributed by atoms with E-state index in [4.69, 9.17) is 9.47 Å². The fourth-order valence-corrected chi connectivity index (χ4v) is 3.81.